The fourth-order valence-electron chi connectivity index (χ4n) is 3.25. The summed E-state index contributed by atoms with van der Waals surface area (Å²) < 4.78 is 5.38. The van der Waals surface area contributed by atoms with E-state index in [-0.39, 0.29) is 18.0 Å². The largest absolute Gasteiger partial charge is 0.496 e. The first-order valence-electron chi connectivity index (χ1n) is 9.25. The summed E-state index contributed by atoms with van der Waals surface area (Å²) in [6.45, 7) is 3.96. The summed E-state index contributed by atoms with van der Waals surface area (Å²) in [4.78, 5) is 29.3. The van der Waals surface area contributed by atoms with Gasteiger partial charge in [-0.15, -0.1) is 0 Å². The topological polar surface area (TPSA) is 104 Å². The van der Waals surface area contributed by atoms with Crippen LogP contribution in [0.1, 0.15) is 18.1 Å². The molecule has 0 saturated carbocycles. The molecule has 152 valence electrons. The highest BCUT2D eigenvalue weighted by Crippen LogP contribution is 2.29. The standard InChI is InChI=1S/C21H24N4O4/c1-4-25-19(26)16(23-17-13-22-10-9-14(17)2)12-21(24-25,20(27)28)11-15-7-5-6-8-18(15)29-3/h5-10,12-13,23-24H,4,11H2,1-3H3,(H,27,28). The number of carboxylic acid groups (broad SMARTS) is 1. The highest BCUT2D eigenvalue weighted by molar-refractivity contribution is 6.00. The van der Waals surface area contributed by atoms with Crippen molar-refractivity contribution in [3.8, 4) is 5.75 Å². The second kappa shape index (κ2) is 8.32. The van der Waals surface area contributed by atoms with Crippen LogP contribution in [0.15, 0.2) is 54.5 Å². The Labute approximate surface area is 169 Å². The van der Waals surface area contributed by atoms with E-state index in [2.05, 4.69) is 15.7 Å². The molecule has 0 spiro atoms. The van der Waals surface area contributed by atoms with E-state index in [0.717, 1.165) is 5.56 Å². The van der Waals surface area contributed by atoms with E-state index in [1.165, 1.54) is 18.2 Å². The maximum Gasteiger partial charge on any atom is 0.330 e. The molecule has 1 aliphatic heterocycles. The molecule has 0 radical (unpaired) electrons. The van der Waals surface area contributed by atoms with E-state index in [1.807, 2.05) is 31.2 Å². The van der Waals surface area contributed by atoms with Crippen LogP contribution in [0.3, 0.4) is 0 Å². The summed E-state index contributed by atoms with van der Waals surface area (Å²) in [6, 6.07) is 9.04. The number of carboxylic acids is 1. The molecule has 2 heterocycles. The summed E-state index contributed by atoms with van der Waals surface area (Å²) in [6.07, 6.45) is 4.78. The average molecular weight is 396 g/mol. The number of carbonyl (C=O) groups excluding carboxylic acids is 1. The third-order valence-corrected chi connectivity index (χ3v) is 4.87. The van der Waals surface area contributed by atoms with Crippen molar-refractivity contribution in [2.75, 3.05) is 19.0 Å². The Hall–Kier alpha value is -3.39. The number of rotatable bonds is 7. The molecule has 8 nitrogen and oxygen atoms in total. The second-order valence-electron chi connectivity index (χ2n) is 6.80. The molecule has 0 saturated heterocycles. The number of pyridine rings is 1. The normalized spacial score (nSPS) is 18.9. The minimum absolute atomic E-state index is 0.0906. The van der Waals surface area contributed by atoms with Crippen molar-refractivity contribution in [3.05, 3.63) is 65.6 Å². The molecule has 0 bridgehead atoms. The van der Waals surface area contributed by atoms with Gasteiger partial charge in [-0.1, -0.05) is 18.2 Å². The Morgan fingerprint density at radius 2 is 2.10 bits per heavy atom. The fraction of sp³-hybridized carbons (Fsp3) is 0.286. The number of hydrogen-bond donors (Lipinski definition) is 3. The first kappa shape index (κ1) is 20.3. The third-order valence-electron chi connectivity index (χ3n) is 4.87. The minimum atomic E-state index is -1.53. The van der Waals surface area contributed by atoms with Crippen LogP contribution in [0.5, 0.6) is 5.75 Å². The zero-order valence-electron chi connectivity index (χ0n) is 16.6. The van der Waals surface area contributed by atoms with Crippen molar-refractivity contribution in [2.45, 2.75) is 25.8 Å². The molecule has 8 heteroatoms. The number of anilines is 1. The number of nitrogens with zero attached hydrogens (tertiary/aromatic N) is 2. The van der Waals surface area contributed by atoms with Gasteiger partial charge in [0.25, 0.3) is 5.91 Å². The lowest BCUT2D eigenvalue weighted by Crippen LogP contribution is -2.64. The number of benzene rings is 1. The quantitative estimate of drug-likeness (QED) is 0.659. The van der Waals surface area contributed by atoms with Crippen LogP contribution < -0.4 is 15.5 Å². The first-order chi connectivity index (χ1) is 13.9. The third kappa shape index (κ3) is 4.07. The summed E-state index contributed by atoms with van der Waals surface area (Å²) >= 11 is 0. The number of aromatic nitrogens is 1. The van der Waals surface area contributed by atoms with E-state index >= 15 is 0 Å². The fourth-order valence-corrected chi connectivity index (χ4v) is 3.25. The summed E-state index contributed by atoms with van der Waals surface area (Å²) in [7, 11) is 1.54. The van der Waals surface area contributed by atoms with Crippen LogP contribution in [0, 0.1) is 6.92 Å². The number of methoxy groups -OCH3 is 1. The molecule has 0 aliphatic carbocycles. The molecule has 3 N–H and O–H groups in total. The highest BCUT2D eigenvalue weighted by atomic mass is 16.5. The molecule has 2 aromatic rings. The molecular weight excluding hydrogens is 372 g/mol. The molecule has 1 unspecified atom stereocenters. The van der Waals surface area contributed by atoms with Crippen LogP contribution in [0.25, 0.3) is 0 Å². The van der Waals surface area contributed by atoms with Crippen LogP contribution in [0.4, 0.5) is 5.69 Å². The van der Waals surface area contributed by atoms with E-state index < -0.39 is 11.5 Å². The number of aliphatic carboxylic acids is 1. The van der Waals surface area contributed by atoms with E-state index in [0.29, 0.717) is 23.5 Å². The number of carbonyl (C=O) groups is 2. The van der Waals surface area contributed by atoms with Crippen molar-refractivity contribution in [3.63, 3.8) is 0 Å². The van der Waals surface area contributed by atoms with Gasteiger partial charge in [0.05, 0.1) is 19.0 Å². The van der Waals surface area contributed by atoms with Gasteiger partial charge < -0.3 is 15.2 Å². The highest BCUT2D eigenvalue weighted by Gasteiger charge is 2.44. The second-order valence-corrected chi connectivity index (χ2v) is 6.80. The molecule has 1 atom stereocenters. The molecule has 1 amide bonds. The first-order valence-corrected chi connectivity index (χ1v) is 9.25. The van der Waals surface area contributed by atoms with Gasteiger partial charge in [0.15, 0.2) is 5.54 Å². The van der Waals surface area contributed by atoms with Crippen molar-refractivity contribution in [2.24, 2.45) is 0 Å². The average Bonchev–Trinajstić information content (AvgIpc) is 2.72. The SMILES string of the molecule is CCN1NC(Cc2ccccc2OC)(C(=O)O)C=C(Nc2cnccc2C)C1=O. The van der Waals surface area contributed by atoms with Gasteiger partial charge in [-0.05, 0) is 43.2 Å². The smallest absolute Gasteiger partial charge is 0.330 e. The number of ether oxygens (including phenoxy) is 1. The summed E-state index contributed by atoms with van der Waals surface area (Å²) in [5, 5.41) is 14.5. The lowest BCUT2D eigenvalue weighted by Gasteiger charge is -2.39. The molecule has 1 aromatic heterocycles. The minimum Gasteiger partial charge on any atom is -0.496 e. The predicted molar refractivity (Wildman–Crippen MR) is 108 cm³/mol. The zero-order chi connectivity index (χ0) is 21.0. The van der Waals surface area contributed by atoms with Crippen LogP contribution in [-0.2, 0) is 16.0 Å². The molecule has 1 aliphatic rings. The molecule has 29 heavy (non-hydrogen) atoms. The maximum atomic E-state index is 12.9. The van der Waals surface area contributed by atoms with Crippen molar-refractivity contribution in [1.82, 2.24) is 15.4 Å². The summed E-state index contributed by atoms with van der Waals surface area (Å²) in [5.41, 5.74) is 3.78. The Morgan fingerprint density at radius 3 is 2.76 bits per heavy atom. The van der Waals surface area contributed by atoms with E-state index in [4.69, 9.17) is 4.74 Å². The number of hydrazine groups is 1. The van der Waals surface area contributed by atoms with Gasteiger partial charge in [-0.2, -0.15) is 0 Å². The van der Waals surface area contributed by atoms with Crippen LogP contribution in [0.2, 0.25) is 0 Å². The Bertz CT molecular complexity index is 959. The van der Waals surface area contributed by atoms with Gasteiger partial charge in [0.1, 0.15) is 11.4 Å². The van der Waals surface area contributed by atoms with Crippen molar-refractivity contribution in [1.29, 1.82) is 0 Å². The van der Waals surface area contributed by atoms with Gasteiger partial charge in [0.2, 0.25) is 0 Å². The Balaban J connectivity index is 2.06. The number of para-hydroxylation sites is 1. The molecule has 0 fully saturated rings. The lowest BCUT2D eigenvalue weighted by molar-refractivity contribution is -0.148. The van der Waals surface area contributed by atoms with Gasteiger partial charge >= 0.3 is 5.97 Å². The number of likely N-dealkylation sites (N-methyl/N-ethyl adjacent to an activating group) is 1. The lowest BCUT2D eigenvalue weighted by atomic mass is 9.88. The van der Waals surface area contributed by atoms with Gasteiger partial charge in [-0.25, -0.2) is 10.2 Å². The summed E-state index contributed by atoms with van der Waals surface area (Å²) in [5.74, 6) is -0.856. The number of nitrogens with one attached hydrogen (secondary N) is 2. The number of amides is 1. The maximum absolute atomic E-state index is 12.9. The molecule has 3 rings (SSSR count). The monoisotopic (exact) mass is 396 g/mol. The number of aryl methyl sites for hydroxylation is 1. The van der Waals surface area contributed by atoms with E-state index in [9.17, 15) is 14.7 Å². The van der Waals surface area contributed by atoms with Gasteiger partial charge in [-0.3, -0.25) is 14.8 Å². The Kier molecular flexibility index (Phi) is 5.84. The van der Waals surface area contributed by atoms with E-state index in [1.54, 1.807) is 25.4 Å². The van der Waals surface area contributed by atoms with Crippen molar-refractivity contribution < 1.29 is 19.4 Å². The molecular formula is C21H24N4O4. The Morgan fingerprint density at radius 1 is 1.34 bits per heavy atom. The number of hydrogen-bond acceptors (Lipinski definition) is 6. The predicted octanol–water partition coefficient (Wildman–Crippen LogP) is 2.13. The van der Waals surface area contributed by atoms with Crippen LogP contribution >= 0.6 is 0 Å². The zero-order valence-corrected chi connectivity index (χ0v) is 16.6. The van der Waals surface area contributed by atoms with Gasteiger partial charge in [0, 0.05) is 19.2 Å². The molecule has 1 aromatic carbocycles. The van der Waals surface area contributed by atoms with Crippen LogP contribution in [-0.4, -0.2) is 46.2 Å². The van der Waals surface area contributed by atoms with Crippen molar-refractivity contribution >= 4 is 17.6 Å².